The Hall–Kier alpha value is -1.73. The van der Waals surface area contributed by atoms with Crippen LogP contribution in [0.2, 0.25) is 0 Å². The van der Waals surface area contributed by atoms with Gasteiger partial charge in [0, 0.05) is 43.4 Å². The van der Waals surface area contributed by atoms with Crippen molar-refractivity contribution < 1.29 is 35.7 Å². The molecule has 0 spiro atoms. The van der Waals surface area contributed by atoms with E-state index in [2.05, 4.69) is 42.5 Å². The Balaban J connectivity index is 0.00000156. The van der Waals surface area contributed by atoms with Gasteiger partial charge in [-0.05, 0) is 40.1 Å². The van der Waals surface area contributed by atoms with Crippen LogP contribution < -0.4 is 4.74 Å². The zero-order valence-corrected chi connectivity index (χ0v) is 15.4. The summed E-state index contributed by atoms with van der Waals surface area (Å²) < 4.78 is 5.57. The number of hydrogen-bond donors (Lipinski definition) is 0. The Kier molecular flexibility index (Phi) is 4.50. The van der Waals surface area contributed by atoms with Gasteiger partial charge in [0.2, 0.25) is 0 Å². The number of carbonyl (C=O) groups is 1. The minimum absolute atomic E-state index is 0. The molecule has 0 radical (unpaired) electrons. The van der Waals surface area contributed by atoms with Crippen LogP contribution in [0.25, 0.3) is 32.3 Å². The second-order valence-corrected chi connectivity index (χ2v) is 5.64. The third kappa shape index (κ3) is 2.68. The van der Waals surface area contributed by atoms with Gasteiger partial charge < -0.3 is 4.74 Å². The topological polar surface area (TPSA) is 26.3 Å². The zero-order valence-electron chi connectivity index (χ0n) is 12.9. The van der Waals surface area contributed by atoms with Gasteiger partial charge in [0.05, 0.1) is 0 Å². The van der Waals surface area contributed by atoms with E-state index < -0.39 is 0 Å². The molecule has 23 heavy (non-hydrogen) atoms. The predicted molar refractivity (Wildman–Crippen MR) is 90.7 cm³/mol. The predicted octanol–water partition coefficient (Wildman–Crippen LogP) is 5.29. The Bertz CT molecular complexity index is 975. The summed E-state index contributed by atoms with van der Waals surface area (Å²) in [6, 6.07) is 18.7. The molecule has 3 heteroatoms. The van der Waals surface area contributed by atoms with Crippen LogP contribution in [0.1, 0.15) is 19.8 Å². The van der Waals surface area contributed by atoms with Crippen molar-refractivity contribution in [1.29, 1.82) is 0 Å². The van der Waals surface area contributed by atoms with E-state index in [4.69, 9.17) is 4.74 Å². The molecule has 0 aliphatic heterocycles. The normalized spacial score (nSPS) is 11.0. The Morgan fingerprint density at radius 3 is 2.17 bits per heavy atom. The first-order valence-electron chi connectivity index (χ1n) is 7.65. The van der Waals surface area contributed by atoms with E-state index in [9.17, 15) is 4.79 Å². The molecular weight excluding hydrogens is 363 g/mol. The summed E-state index contributed by atoms with van der Waals surface area (Å²) in [5.41, 5.74) is 0. The number of ether oxygens (including phenoxy) is 1. The van der Waals surface area contributed by atoms with Crippen molar-refractivity contribution >= 4 is 38.3 Å². The molecular formula is C20H16O2Zr. The van der Waals surface area contributed by atoms with Crippen molar-refractivity contribution in [2.24, 2.45) is 0 Å². The van der Waals surface area contributed by atoms with Crippen LogP contribution in [0, 0.1) is 0 Å². The second-order valence-electron chi connectivity index (χ2n) is 5.64. The molecule has 0 unspecified atom stereocenters. The molecule has 0 atom stereocenters. The quantitative estimate of drug-likeness (QED) is 0.275. The van der Waals surface area contributed by atoms with E-state index >= 15 is 0 Å². The first-order valence-corrected chi connectivity index (χ1v) is 7.65. The fourth-order valence-corrected chi connectivity index (χ4v) is 3.18. The largest absolute Gasteiger partial charge is 0.426 e. The van der Waals surface area contributed by atoms with Gasteiger partial charge in [0.1, 0.15) is 5.75 Å². The molecule has 0 aromatic heterocycles. The van der Waals surface area contributed by atoms with Gasteiger partial charge in [-0.25, -0.2) is 0 Å². The minimum Gasteiger partial charge on any atom is -0.426 e. The third-order valence-corrected chi connectivity index (χ3v) is 4.17. The van der Waals surface area contributed by atoms with E-state index in [1.54, 1.807) is 0 Å². The fourth-order valence-electron chi connectivity index (χ4n) is 3.18. The van der Waals surface area contributed by atoms with E-state index in [-0.39, 0.29) is 32.2 Å². The van der Waals surface area contributed by atoms with Crippen molar-refractivity contribution in [3.05, 3.63) is 54.6 Å². The molecule has 0 saturated carbocycles. The van der Waals surface area contributed by atoms with Gasteiger partial charge in [-0.2, -0.15) is 0 Å². The summed E-state index contributed by atoms with van der Waals surface area (Å²) in [5, 5.41) is 7.03. The van der Waals surface area contributed by atoms with Crippen molar-refractivity contribution in [3.8, 4) is 5.75 Å². The van der Waals surface area contributed by atoms with Gasteiger partial charge >= 0.3 is 5.97 Å². The van der Waals surface area contributed by atoms with E-state index in [1.165, 1.54) is 26.9 Å². The van der Waals surface area contributed by atoms with Crippen molar-refractivity contribution in [2.75, 3.05) is 0 Å². The van der Waals surface area contributed by atoms with Gasteiger partial charge in [-0.15, -0.1) is 0 Å². The van der Waals surface area contributed by atoms with Gasteiger partial charge in [0.25, 0.3) is 0 Å². The Morgan fingerprint density at radius 2 is 1.48 bits per heavy atom. The molecule has 0 saturated heterocycles. The van der Waals surface area contributed by atoms with Gasteiger partial charge in [0.15, 0.2) is 0 Å². The van der Waals surface area contributed by atoms with Crippen LogP contribution in [0.4, 0.5) is 0 Å². The molecule has 4 rings (SSSR count). The Morgan fingerprint density at radius 1 is 0.870 bits per heavy atom. The van der Waals surface area contributed by atoms with Crippen molar-refractivity contribution in [1.82, 2.24) is 0 Å². The zero-order chi connectivity index (χ0) is 15.1. The first-order chi connectivity index (χ1) is 10.8. The number of rotatable bonds is 3. The maximum atomic E-state index is 11.8. The Labute approximate surface area is 153 Å². The molecule has 0 amide bonds. The van der Waals surface area contributed by atoms with E-state index in [1.807, 2.05) is 19.1 Å². The van der Waals surface area contributed by atoms with Gasteiger partial charge in [-0.3, -0.25) is 4.79 Å². The minimum atomic E-state index is -0.169. The summed E-state index contributed by atoms with van der Waals surface area (Å²) >= 11 is 0. The van der Waals surface area contributed by atoms with E-state index in [0.717, 1.165) is 11.8 Å². The smallest absolute Gasteiger partial charge is 0.311 e. The number of benzene rings is 4. The van der Waals surface area contributed by atoms with Crippen LogP contribution in [0.3, 0.4) is 0 Å². The summed E-state index contributed by atoms with van der Waals surface area (Å²) in [6.45, 7) is 1.98. The third-order valence-electron chi connectivity index (χ3n) is 4.17. The molecule has 2 nitrogen and oxygen atoms in total. The molecule has 0 fully saturated rings. The summed E-state index contributed by atoms with van der Waals surface area (Å²) in [6.07, 6.45) is 1.24. The molecule has 0 bridgehead atoms. The summed E-state index contributed by atoms with van der Waals surface area (Å²) in [4.78, 5) is 11.8. The van der Waals surface area contributed by atoms with E-state index in [0.29, 0.717) is 12.2 Å². The molecule has 4 aromatic carbocycles. The van der Waals surface area contributed by atoms with Crippen molar-refractivity contribution in [3.63, 3.8) is 0 Å². The maximum absolute atomic E-state index is 11.8. The molecule has 0 aliphatic carbocycles. The molecule has 112 valence electrons. The molecule has 0 aliphatic rings. The first kappa shape index (κ1) is 16.1. The van der Waals surface area contributed by atoms with Crippen LogP contribution in [-0.2, 0) is 31.0 Å². The summed E-state index contributed by atoms with van der Waals surface area (Å²) in [7, 11) is 0. The van der Waals surface area contributed by atoms with Crippen LogP contribution in [0.5, 0.6) is 5.75 Å². The van der Waals surface area contributed by atoms with Crippen LogP contribution in [0.15, 0.2) is 54.6 Å². The molecule has 0 heterocycles. The van der Waals surface area contributed by atoms with Crippen molar-refractivity contribution in [2.45, 2.75) is 19.8 Å². The van der Waals surface area contributed by atoms with Crippen LogP contribution >= 0.6 is 0 Å². The maximum Gasteiger partial charge on any atom is 0.311 e. The average molecular weight is 380 g/mol. The number of esters is 1. The number of hydrogen-bond acceptors (Lipinski definition) is 2. The molecule has 4 aromatic rings. The average Bonchev–Trinajstić information content (AvgIpc) is 2.54. The molecule has 0 N–H and O–H groups in total. The summed E-state index contributed by atoms with van der Waals surface area (Å²) in [5.74, 6) is 0.488. The second kappa shape index (κ2) is 6.41. The van der Waals surface area contributed by atoms with Gasteiger partial charge in [-0.1, -0.05) is 49.4 Å². The van der Waals surface area contributed by atoms with Crippen LogP contribution in [-0.4, -0.2) is 5.97 Å². The fraction of sp³-hybridized carbons (Fsp3) is 0.150. The SMILES string of the molecule is CCCC(=O)Oc1ccc2ccc3cccc4ccc1c2c34.[Zr]. The monoisotopic (exact) mass is 378 g/mol. The standard InChI is InChI=1S/C20H16O2.Zr/c1-2-4-18(21)22-17-12-10-15-8-7-13-5-3-6-14-9-11-16(17)20(15)19(13)14;/h3,5-12H,2,4H2,1H3;. The number of carbonyl (C=O) groups excluding carboxylic acids is 1.